The van der Waals surface area contributed by atoms with Crippen molar-refractivity contribution in [3.8, 4) is 0 Å². The van der Waals surface area contributed by atoms with Gasteiger partial charge in [0, 0.05) is 5.02 Å². The Labute approximate surface area is 96.2 Å². The van der Waals surface area contributed by atoms with Gasteiger partial charge in [-0.25, -0.2) is 9.59 Å². The van der Waals surface area contributed by atoms with Gasteiger partial charge in [0.25, 0.3) is 0 Å². The molecule has 2 N–H and O–H groups in total. The number of rotatable bonds is 5. The zero-order chi connectivity index (χ0) is 12.1. The van der Waals surface area contributed by atoms with Gasteiger partial charge in [0.05, 0.1) is 12.2 Å². The Kier molecular flexibility index (Phi) is 4.28. The molecule has 16 heavy (non-hydrogen) atoms. The number of aliphatic carboxylic acids is 1. The molecule has 0 aromatic heterocycles. The third-order valence-electron chi connectivity index (χ3n) is 1.78. The molecule has 5 nitrogen and oxygen atoms in total. The first-order valence-electron chi connectivity index (χ1n) is 4.32. The van der Waals surface area contributed by atoms with Gasteiger partial charge in [-0.2, -0.15) is 0 Å². The number of halogens is 1. The summed E-state index contributed by atoms with van der Waals surface area (Å²) in [5.74, 6) is -2.22. The summed E-state index contributed by atoms with van der Waals surface area (Å²) in [6, 6.07) is 4.24. The van der Waals surface area contributed by atoms with Crippen molar-refractivity contribution in [1.82, 2.24) is 0 Å². The average Bonchev–Trinajstić information content (AvgIpc) is 2.16. The monoisotopic (exact) mass is 244 g/mol. The molecule has 1 rings (SSSR count). The lowest BCUT2D eigenvalue weighted by Gasteiger charge is -2.06. The molecule has 0 aliphatic carbocycles. The average molecular weight is 245 g/mol. The summed E-state index contributed by atoms with van der Waals surface area (Å²) in [6.07, 6.45) is 0. The van der Waals surface area contributed by atoms with Gasteiger partial charge in [0.15, 0.2) is 0 Å². The van der Waals surface area contributed by atoms with E-state index in [0.29, 0.717) is 10.6 Å². The Morgan fingerprint density at radius 3 is 2.56 bits per heavy atom. The van der Waals surface area contributed by atoms with E-state index < -0.39 is 18.5 Å². The van der Waals surface area contributed by atoms with Crippen molar-refractivity contribution in [3.63, 3.8) is 0 Å². The zero-order valence-corrected chi connectivity index (χ0v) is 8.90. The van der Waals surface area contributed by atoms with Crippen LogP contribution in [0.25, 0.3) is 0 Å². The first-order valence-corrected chi connectivity index (χ1v) is 4.69. The van der Waals surface area contributed by atoms with Crippen LogP contribution >= 0.6 is 11.6 Å². The molecule has 1 aromatic rings. The largest absolute Gasteiger partial charge is 0.480 e. The highest BCUT2D eigenvalue weighted by atomic mass is 35.5. The van der Waals surface area contributed by atoms with Gasteiger partial charge in [-0.15, -0.1) is 0 Å². The summed E-state index contributed by atoms with van der Waals surface area (Å²) in [5.41, 5.74) is 0.399. The van der Waals surface area contributed by atoms with Crippen LogP contribution in [0, 0.1) is 0 Å². The predicted molar refractivity (Wildman–Crippen MR) is 55.7 cm³/mol. The van der Waals surface area contributed by atoms with Crippen molar-refractivity contribution < 1.29 is 24.5 Å². The fourth-order valence-electron chi connectivity index (χ4n) is 1.14. The minimum Gasteiger partial charge on any atom is -0.480 e. The number of carboxylic acids is 2. The fraction of sp³-hybridized carbons (Fsp3) is 0.200. The standard InChI is InChI=1S/C10H9ClO5/c11-7-1-2-8(10(14)15)6(3-7)4-16-5-9(12)13/h1-3H,4-5H2,(H,12,13)(H,14,15). The number of hydrogen-bond acceptors (Lipinski definition) is 3. The molecule has 0 amide bonds. The Morgan fingerprint density at radius 2 is 2.00 bits per heavy atom. The molecular formula is C10H9ClO5. The number of carbonyl (C=O) groups is 2. The molecule has 0 saturated carbocycles. The summed E-state index contributed by atoms with van der Waals surface area (Å²) in [6.45, 7) is -0.583. The van der Waals surface area contributed by atoms with Gasteiger partial charge in [-0.1, -0.05) is 11.6 Å². The van der Waals surface area contributed by atoms with Gasteiger partial charge >= 0.3 is 11.9 Å². The second-order valence-corrected chi connectivity index (χ2v) is 3.43. The second-order valence-electron chi connectivity index (χ2n) is 2.99. The van der Waals surface area contributed by atoms with E-state index in [2.05, 4.69) is 0 Å². The van der Waals surface area contributed by atoms with Crippen LogP contribution in [0.4, 0.5) is 0 Å². The molecule has 6 heteroatoms. The van der Waals surface area contributed by atoms with Crippen LogP contribution in [0.2, 0.25) is 5.02 Å². The number of carboxylic acid groups (broad SMARTS) is 2. The number of hydrogen-bond donors (Lipinski definition) is 2. The number of aromatic carboxylic acids is 1. The van der Waals surface area contributed by atoms with Crippen molar-refractivity contribution in [2.24, 2.45) is 0 Å². The van der Waals surface area contributed by atoms with E-state index in [1.807, 2.05) is 0 Å². The summed E-state index contributed by atoms with van der Waals surface area (Å²) >= 11 is 5.70. The van der Waals surface area contributed by atoms with E-state index >= 15 is 0 Å². The second kappa shape index (κ2) is 5.48. The van der Waals surface area contributed by atoms with E-state index in [0.717, 1.165) is 0 Å². The van der Waals surface area contributed by atoms with Gasteiger partial charge in [0.1, 0.15) is 6.61 Å². The molecule has 0 aliphatic rings. The summed E-state index contributed by atoms with van der Waals surface area (Å²) in [7, 11) is 0. The van der Waals surface area contributed by atoms with Crippen LogP contribution in [-0.2, 0) is 16.1 Å². The van der Waals surface area contributed by atoms with Crippen LogP contribution in [-0.4, -0.2) is 28.8 Å². The molecule has 1 aromatic carbocycles. The third-order valence-corrected chi connectivity index (χ3v) is 2.02. The SMILES string of the molecule is O=C(O)COCc1cc(Cl)ccc1C(=O)O. The molecule has 0 unspecified atom stereocenters. The number of benzene rings is 1. The van der Waals surface area contributed by atoms with E-state index in [1.54, 1.807) is 0 Å². The highest BCUT2D eigenvalue weighted by Gasteiger charge is 2.10. The van der Waals surface area contributed by atoms with Crippen molar-refractivity contribution in [2.75, 3.05) is 6.61 Å². The van der Waals surface area contributed by atoms with E-state index in [1.165, 1.54) is 18.2 Å². The van der Waals surface area contributed by atoms with Crippen molar-refractivity contribution in [2.45, 2.75) is 6.61 Å². The van der Waals surface area contributed by atoms with Crippen LogP contribution in [0.1, 0.15) is 15.9 Å². The van der Waals surface area contributed by atoms with Crippen LogP contribution in [0.5, 0.6) is 0 Å². The highest BCUT2D eigenvalue weighted by molar-refractivity contribution is 6.30. The number of ether oxygens (including phenoxy) is 1. The zero-order valence-electron chi connectivity index (χ0n) is 8.14. The normalized spacial score (nSPS) is 10.1. The molecule has 0 heterocycles. The molecule has 0 fully saturated rings. The maximum Gasteiger partial charge on any atom is 0.336 e. The minimum absolute atomic E-state index is 0.0507. The minimum atomic E-state index is -1.11. The third kappa shape index (κ3) is 3.52. The first kappa shape index (κ1) is 12.5. The molecule has 0 radical (unpaired) electrons. The van der Waals surface area contributed by atoms with Crippen molar-refractivity contribution in [1.29, 1.82) is 0 Å². The van der Waals surface area contributed by atoms with Crippen LogP contribution in [0.15, 0.2) is 18.2 Å². The van der Waals surface area contributed by atoms with E-state index in [4.69, 9.17) is 26.6 Å². The first-order chi connectivity index (χ1) is 7.50. The smallest absolute Gasteiger partial charge is 0.336 e. The van der Waals surface area contributed by atoms with Gasteiger partial charge in [0.2, 0.25) is 0 Å². The Morgan fingerprint density at radius 1 is 1.31 bits per heavy atom. The van der Waals surface area contributed by atoms with E-state index in [9.17, 15) is 9.59 Å². The van der Waals surface area contributed by atoms with Crippen LogP contribution in [0.3, 0.4) is 0 Å². The molecule has 0 aliphatic heterocycles. The van der Waals surface area contributed by atoms with Gasteiger partial charge in [-0.05, 0) is 23.8 Å². The maximum absolute atomic E-state index is 10.8. The molecule has 0 bridgehead atoms. The summed E-state index contributed by atoms with van der Waals surface area (Å²) < 4.78 is 4.81. The van der Waals surface area contributed by atoms with Crippen LogP contribution < -0.4 is 0 Å². The predicted octanol–water partition coefficient (Wildman–Crippen LogP) is 1.64. The van der Waals surface area contributed by atoms with Crippen molar-refractivity contribution in [3.05, 3.63) is 34.3 Å². The molecule has 0 saturated heterocycles. The fourth-order valence-corrected chi connectivity index (χ4v) is 1.33. The Hall–Kier alpha value is -1.59. The quantitative estimate of drug-likeness (QED) is 0.823. The maximum atomic E-state index is 10.8. The molecular weight excluding hydrogens is 236 g/mol. The molecule has 86 valence electrons. The topological polar surface area (TPSA) is 83.8 Å². The molecule has 0 spiro atoms. The molecule has 0 atom stereocenters. The Balaban J connectivity index is 2.80. The lowest BCUT2D eigenvalue weighted by molar-refractivity contribution is -0.142. The Bertz CT molecular complexity index is 416. The summed E-state index contributed by atoms with van der Waals surface area (Å²) in [5, 5.41) is 17.6. The van der Waals surface area contributed by atoms with E-state index in [-0.39, 0.29) is 12.2 Å². The lowest BCUT2D eigenvalue weighted by Crippen LogP contribution is -2.09. The highest BCUT2D eigenvalue weighted by Crippen LogP contribution is 2.17. The summed E-state index contributed by atoms with van der Waals surface area (Å²) in [4.78, 5) is 21.0. The van der Waals surface area contributed by atoms with Crippen molar-refractivity contribution >= 4 is 23.5 Å². The van der Waals surface area contributed by atoms with Gasteiger partial charge in [-0.3, -0.25) is 0 Å². The lowest BCUT2D eigenvalue weighted by atomic mass is 10.1. The van der Waals surface area contributed by atoms with Gasteiger partial charge < -0.3 is 14.9 Å².